The maximum atomic E-state index is 9.31. The van der Waals surface area contributed by atoms with E-state index < -0.39 is 0 Å². The standard InChI is InChI=1S/C16H18N4O2S2/c1-11-17-14(19(7-9-21)8-10-22)13-15(18-11)20(16(23)24-13)12-5-3-2-4-6-12/h2-6,21-22H,7-10H2,1H3. The van der Waals surface area contributed by atoms with E-state index in [0.717, 1.165) is 16.0 Å². The van der Waals surface area contributed by atoms with Gasteiger partial charge in [0.2, 0.25) is 0 Å². The highest BCUT2D eigenvalue weighted by atomic mass is 32.1. The Morgan fingerprint density at radius 1 is 1.12 bits per heavy atom. The molecular weight excluding hydrogens is 344 g/mol. The number of thiazole rings is 1. The van der Waals surface area contributed by atoms with E-state index in [4.69, 9.17) is 12.2 Å². The first-order valence-corrected chi connectivity index (χ1v) is 8.80. The predicted octanol–water partition coefficient (Wildman–Crippen LogP) is 2.31. The number of fused-ring (bicyclic) bond motifs is 1. The van der Waals surface area contributed by atoms with E-state index in [0.29, 0.717) is 28.7 Å². The average Bonchev–Trinajstić information content (AvgIpc) is 2.90. The summed E-state index contributed by atoms with van der Waals surface area (Å²) < 4.78 is 3.48. The van der Waals surface area contributed by atoms with Crippen LogP contribution in [-0.2, 0) is 0 Å². The summed E-state index contributed by atoms with van der Waals surface area (Å²) in [7, 11) is 0. The molecule has 1 aromatic carbocycles. The zero-order chi connectivity index (χ0) is 17.1. The Morgan fingerprint density at radius 2 is 1.79 bits per heavy atom. The van der Waals surface area contributed by atoms with Gasteiger partial charge in [-0.3, -0.25) is 4.57 Å². The van der Waals surface area contributed by atoms with Crippen LogP contribution in [0.4, 0.5) is 5.82 Å². The van der Waals surface area contributed by atoms with Crippen LogP contribution in [0.5, 0.6) is 0 Å². The molecule has 0 saturated carbocycles. The van der Waals surface area contributed by atoms with Crippen molar-refractivity contribution in [1.82, 2.24) is 14.5 Å². The van der Waals surface area contributed by atoms with Crippen LogP contribution in [0.2, 0.25) is 0 Å². The highest BCUT2D eigenvalue weighted by molar-refractivity contribution is 7.73. The van der Waals surface area contributed by atoms with Crippen LogP contribution < -0.4 is 4.90 Å². The van der Waals surface area contributed by atoms with Crippen molar-refractivity contribution in [1.29, 1.82) is 0 Å². The number of hydrogen-bond acceptors (Lipinski definition) is 7. The highest BCUT2D eigenvalue weighted by Crippen LogP contribution is 2.32. The summed E-state index contributed by atoms with van der Waals surface area (Å²) >= 11 is 6.99. The molecule has 3 rings (SSSR count). The molecule has 24 heavy (non-hydrogen) atoms. The molecule has 0 atom stereocenters. The van der Waals surface area contributed by atoms with Crippen molar-refractivity contribution in [3.05, 3.63) is 40.1 Å². The molecule has 0 saturated heterocycles. The maximum Gasteiger partial charge on any atom is 0.168 e. The van der Waals surface area contributed by atoms with Gasteiger partial charge in [0.15, 0.2) is 15.4 Å². The zero-order valence-corrected chi connectivity index (χ0v) is 14.8. The Balaban J connectivity index is 2.25. The van der Waals surface area contributed by atoms with Gasteiger partial charge >= 0.3 is 0 Å². The van der Waals surface area contributed by atoms with E-state index in [1.54, 1.807) is 0 Å². The summed E-state index contributed by atoms with van der Waals surface area (Å²) in [6.45, 7) is 2.57. The lowest BCUT2D eigenvalue weighted by Crippen LogP contribution is -2.30. The summed E-state index contributed by atoms with van der Waals surface area (Å²) in [4.78, 5) is 11.0. The molecule has 0 fully saturated rings. The lowest BCUT2D eigenvalue weighted by molar-refractivity contribution is 0.281. The molecule has 6 nitrogen and oxygen atoms in total. The topological polar surface area (TPSA) is 74.4 Å². The fourth-order valence-electron chi connectivity index (χ4n) is 2.58. The molecule has 2 N–H and O–H groups in total. The van der Waals surface area contributed by atoms with Crippen LogP contribution in [0, 0.1) is 10.9 Å². The fraction of sp³-hybridized carbons (Fsp3) is 0.312. The molecule has 0 aliphatic rings. The Morgan fingerprint density at radius 3 is 2.42 bits per heavy atom. The molecule has 2 aromatic heterocycles. The van der Waals surface area contributed by atoms with Gasteiger partial charge in [-0.2, -0.15) is 0 Å². The third-order valence-electron chi connectivity index (χ3n) is 3.58. The minimum Gasteiger partial charge on any atom is -0.395 e. The van der Waals surface area contributed by atoms with Gasteiger partial charge in [-0.15, -0.1) is 0 Å². The second-order valence-corrected chi connectivity index (χ2v) is 6.86. The van der Waals surface area contributed by atoms with Crippen molar-refractivity contribution in [3.63, 3.8) is 0 Å². The second kappa shape index (κ2) is 7.35. The molecule has 0 unspecified atom stereocenters. The molecule has 0 spiro atoms. The van der Waals surface area contributed by atoms with Crippen molar-refractivity contribution in [2.45, 2.75) is 6.92 Å². The van der Waals surface area contributed by atoms with Gasteiger partial charge in [0.05, 0.1) is 13.2 Å². The molecule has 0 bridgehead atoms. The van der Waals surface area contributed by atoms with Gasteiger partial charge in [0.25, 0.3) is 0 Å². The highest BCUT2D eigenvalue weighted by Gasteiger charge is 2.18. The van der Waals surface area contributed by atoms with E-state index in [1.165, 1.54) is 11.3 Å². The van der Waals surface area contributed by atoms with Crippen molar-refractivity contribution in [3.8, 4) is 5.69 Å². The summed E-state index contributed by atoms with van der Waals surface area (Å²) in [6, 6.07) is 9.84. The number of nitrogens with zero attached hydrogens (tertiary/aromatic N) is 4. The maximum absolute atomic E-state index is 9.31. The number of aliphatic hydroxyl groups excluding tert-OH is 2. The summed E-state index contributed by atoms with van der Waals surface area (Å²) in [5, 5.41) is 18.6. The van der Waals surface area contributed by atoms with Gasteiger partial charge in [-0.05, 0) is 31.3 Å². The first kappa shape index (κ1) is 17.0. The van der Waals surface area contributed by atoms with Gasteiger partial charge in [0, 0.05) is 18.8 Å². The smallest absolute Gasteiger partial charge is 0.168 e. The second-order valence-electron chi connectivity index (χ2n) is 5.22. The summed E-state index contributed by atoms with van der Waals surface area (Å²) in [5.74, 6) is 1.32. The molecule has 3 aromatic rings. The number of benzene rings is 1. The van der Waals surface area contributed by atoms with Crippen LogP contribution in [0.1, 0.15) is 5.82 Å². The minimum absolute atomic E-state index is 0.0185. The molecule has 126 valence electrons. The number of hydrogen-bond donors (Lipinski definition) is 2. The normalized spacial score (nSPS) is 11.1. The van der Waals surface area contributed by atoms with E-state index >= 15 is 0 Å². The van der Waals surface area contributed by atoms with Crippen molar-refractivity contribution >= 4 is 39.7 Å². The van der Waals surface area contributed by atoms with Crippen molar-refractivity contribution < 1.29 is 10.2 Å². The number of aliphatic hydroxyl groups is 2. The number of aromatic nitrogens is 3. The number of rotatable bonds is 6. The molecule has 0 amide bonds. The molecule has 8 heteroatoms. The SMILES string of the molecule is Cc1nc(N(CCO)CCO)c2sc(=S)n(-c3ccccc3)c2n1. The average molecular weight is 362 g/mol. The first-order valence-electron chi connectivity index (χ1n) is 7.58. The zero-order valence-electron chi connectivity index (χ0n) is 13.2. The number of anilines is 1. The van der Waals surface area contributed by atoms with Crippen molar-refractivity contribution in [2.24, 2.45) is 0 Å². The molecule has 0 aliphatic carbocycles. The minimum atomic E-state index is -0.0185. The molecule has 2 heterocycles. The van der Waals surface area contributed by atoms with Crippen molar-refractivity contribution in [2.75, 3.05) is 31.2 Å². The quantitative estimate of drug-likeness (QED) is 0.656. The Labute approximate surface area is 148 Å². The van der Waals surface area contributed by atoms with Gasteiger partial charge in [-0.1, -0.05) is 29.5 Å². The van der Waals surface area contributed by atoms with Gasteiger partial charge in [-0.25, -0.2) is 9.97 Å². The van der Waals surface area contributed by atoms with Crippen LogP contribution in [0.25, 0.3) is 16.0 Å². The van der Waals surface area contributed by atoms with E-state index in [9.17, 15) is 10.2 Å². The Hall–Kier alpha value is -1.87. The first-order chi connectivity index (χ1) is 11.7. The Bertz CT molecular complexity index is 886. The van der Waals surface area contributed by atoms with Crippen LogP contribution in [-0.4, -0.2) is 51.1 Å². The monoisotopic (exact) mass is 362 g/mol. The molecule has 0 aliphatic heterocycles. The third-order valence-corrected chi connectivity index (χ3v) is 4.94. The number of aryl methyl sites for hydroxylation is 1. The summed E-state index contributed by atoms with van der Waals surface area (Å²) in [5.41, 5.74) is 1.70. The van der Waals surface area contributed by atoms with E-state index in [1.807, 2.05) is 46.7 Å². The largest absolute Gasteiger partial charge is 0.395 e. The summed E-state index contributed by atoms with van der Waals surface area (Å²) in [6.07, 6.45) is 0. The van der Waals surface area contributed by atoms with Crippen LogP contribution >= 0.6 is 23.6 Å². The lowest BCUT2D eigenvalue weighted by Gasteiger charge is -2.22. The predicted molar refractivity (Wildman–Crippen MR) is 98.7 cm³/mol. The van der Waals surface area contributed by atoms with E-state index in [-0.39, 0.29) is 13.2 Å². The van der Waals surface area contributed by atoms with Crippen LogP contribution in [0.3, 0.4) is 0 Å². The van der Waals surface area contributed by atoms with Gasteiger partial charge < -0.3 is 15.1 Å². The lowest BCUT2D eigenvalue weighted by atomic mass is 10.3. The van der Waals surface area contributed by atoms with E-state index in [2.05, 4.69) is 9.97 Å². The number of para-hydroxylation sites is 1. The fourth-order valence-corrected chi connectivity index (χ4v) is 3.97. The molecular formula is C16H18N4O2S2. The van der Waals surface area contributed by atoms with Gasteiger partial charge in [0.1, 0.15) is 10.5 Å². The third kappa shape index (κ3) is 3.18. The van der Waals surface area contributed by atoms with Crippen LogP contribution in [0.15, 0.2) is 30.3 Å². The molecule has 0 radical (unpaired) electrons. The Kier molecular flexibility index (Phi) is 5.20.